The second-order valence-corrected chi connectivity index (χ2v) is 8.33. The van der Waals surface area contributed by atoms with Gasteiger partial charge in [0, 0.05) is 6.54 Å². The molecular weight excluding hydrogens is 331 g/mol. The molecule has 0 aliphatic rings. The summed E-state index contributed by atoms with van der Waals surface area (Å²) in [5.74, 6) is -0.406. The Kier molecular flexibility index (Phi) is 6.23. The van der Waals surface area contributed by atoms with Crippen molar-refractivity contribution in [3.63, 3.8) is 0 Å². The second kappa shape index (κ2) is 7.19. The monoisotopic (exact) mass is 353 g/mol. The third-order valence-electron chi connectivity index (χ3n) is 3.38. The molecule has 4 nitrogen and oxygen atoms in total. The molecule has 0 aliphatic carbocycles. The summed E-state index contributed by atoms with van der Waals surface area (Å²) in [5.41, 5.74) is -0.902. The average molecular weight is 353 g/mol. The van der Waals surface area contributed by atoms with Gasteiger partial charge in [-0.25, -0.2) is 13.1 Å². The minimum atomic E-state index is -4.45. The number of hydrogen-bond acceptors (Lipinski definition) is 3. The van der Waals surface area contributed by atoms with E-state index in [2.05, 4.69) is 4.72 Å². The van der Waals surface area contributed by atoms with Crippen LogP contribution < -0.4 is 4.72 Å². The fourth-order valence-electron chi connectivity index (χ4n) is 1.84. The van der Waals surface area contributed by atoms with Gasteiger partial charge in [-0.05, 0) is 29.5 Å². The number of alkyl halides is 3. The minimum absolute atomic E-state index is 0.0708. The van der Waals surface area contributed by atoms with Gasteiger partial charge in [-0.1, -0.05) is 32.9 Å². The molecule has 1 atom stereocenters. The Morgan fingerprint density at radius 3 is 2.09 bits per heavy atom. The first-order chi connectivity index (χ1) is 10.3. The highest BCUT2D eigenvalue weighted by Gasteiger charge is 2.30. The summed E-state index contributed by atoms with van der Waals surface area (Å²) in [6.07, 6.45) is -4.84. The summed E-state index contributed by atoms with van der Waals surface area (Å²) in [4.78, 5) is 0. The Balaban J connectivity index is 2.59. The van der Waals surface area contributed by atoms with Gasteiger partial charge in [0.2, 0.25) is 10.0 Å². The molecule has 0 aromatic heterocycles. The number of aliphatic hydroxyl groups is 1. The van der Waals surface area contributed by atoms with Crippen molar-refractivity contribution in [1.82, 2.24) is 4.72 Å². The Hall–Kier alpha value is -1.12. The second-order valence-electron chi connectivity index (χ2n) is 6.52. The van der Waals surface area contributed by atoms with Crippen LogP contribution in [0.1, 0.15) is 38.3 Å². The lowest BCUT2D eigenvalue weighted by molar-refractivity contribution is -0.137. The molecule has 1 rings (SSSR count). The maximum absolute atomic E-state index is 12.4. The number of halogens is 3. The quantitative estimate of drug-likeness (QED) is 0.826. The van der Waals surface area contributed by atoms with E-state index in [1.54, 1.807) is 0 Å². The normalized spacial score (nSPS) is 14.7. The Morgan fingerprint density at radius 1 is 1.13 bits per heavy atom. The van der Waals surface area contributed by atoms with E-state index in [1.807, 2.05) is 20.8 Å². The average Bonchev–Trinajstić information content (AvgIpc) is 2.36. The molecule has 2 N–H and O–H groups in total. The molecule has 0 radical (unpaired) electrons. The number of aliphatic hydroxyl groups excluding tert-OH is 1. The number of benzene rings is 1. The van der Waals surface area contributed by atoms with Crippen molar-refractivity contribution in [3.8, 4) is 0 Å². The Bertz CT molecular complexity index is 604. The van der Waals surface area contributed by atoms with E-state index in [4.69, 9.17) is 0 Å². The molecule has 0 fully saturated rings. The van der Waals surface area contributed by atoms with Crippen molar-refractivity contribution < 1.29 is 26.7 Å². The van der Waals surface area contributed by atoms with Crippen LogP contribution in [0, 0.1) is 5.41 Å². The number of sulfonamides is 1. The molecular formula is C15H22F3NO3S. The fraction of sp³-hybridized carbons (Fsp3) is 0.600. The molecule has 0 spiro atoms. The lowest BCUT2D eigenvalue weighted by Gasteiger charge is -2.25. The van der Waals surface area contributed by atoms with Crippen molar-refractivity contribution >= 4 is 10.0 Å². The maximum Gasteiger partial charge on any atom is 0.416 e. The minimum Gasteiger partial charge on any atom is -0.393 e. The van der Waals surface area contributed by atoms with Crippen LogP contribution >= 0.6 is 0 Å². The molecule has 0 amide bonds. The molecule has 1 unspecified atom stereocenters. The predicted octanol–water partition coefficient (Wildman–Crippen LogP) is 2.92. The van der Waals surface area contributed by atoms with Gasteiger partial charge in [-0.15, -0.1) is 0 Å². The first kappa shape index (κ1) is 19.9. The third-order valence-corrected chi connectivity index (χ3v) is 4.73. The number of rotatable bonds is 6. The topological polar surface area (TPSA) is 66.4 Å². The predicted molar refractivity (Wildman–Crippen MR) is 82.1 cm³/mol. The van der Waals surface area contributed by atoms with E-state index >= 15 is 0 Å². The highest BCUT2D eigenvalue weighted by Crippen LogP contribution is 2.29. The zero-order valence-electron chi connectivity index (χ0n) is 13.3. The van der Waals surface area contributed by atoms with Crippen molar-refractivity contribution in [2.24, 2.45) is 5.41 Å². The van der Waals surface area contributed by atoms with E-state index in [-0.39, 0.29) is 23.9 Å². The van der Waals surface area contributed by atoms with Gasteiger partial charge >= 0.3 is 6.18 Å². The fourth-order valence-corrected chi connectivity index (χ4v) is 3.01. The zero-order chi connectivity index (χ0) is 17.9. The van der Waals surface area contributed by atoms with Gasteiger partial charge in [-0.2, -0.15) is 13.2 Å². The SMILES string of the molecule is CC(C)(C)C(O)CCNS(=O)(=O)Cc1ccc(C(F)(F)F)cc1. The summed E-state index contributed by atoms with van der Waals surface area (Å²) in [6, 6.07) is 4.00. The summed E-state index contributed by atoms with van der Waals surface area (Å²) in [5, 5.41) is 9.84. The van der Waals surface area contributed by atoms with E-state index in [0.717, 1.165) is 24.3 Å². The van der Waals surface area contributed by atoms with Crippen LogP contribution in [0.4, 0.5) is 13.2 Å². The third kappa shape index (κ3) is 6.88. The number of hydrogen-bond donors (Lipinski definition) is 2. The van der Waals surface area contributed by atoms with Crippen LogP contribution in [-0.2, 0) is 22.0 Å². The smallest absolute Gasteiger partial charge is 0.393 e. The summed E-state index contributed by atoms with van der Waals surface area (Å²) in [7, 11) is -3.67. The lowest BCUT2D eigenvalue weighted by atomic mass is 9.87. The van der Waals surface area contributed by atoms with Gasteiger partial charge in [0.1, 0.15) is 0 Å². The summed E-state index contributed by atoms with van der Waals surface area (Å²) >= 11 is 0. The Labute approximate surface area is 134 Å². The maximum atomic E-state index is 12.4. The van der Waals surface area contributed by atoms with Crippen LogP contribution in [0.25, 0.3) is 0 Å². The lowest BCUT2D eigenvalue weighted by Crippen LogP contribution is -2.33. The van der Waals surface area contributed by atoms with Crippen molar-refractivity contribution in [3.05, 3.63) is 35.4 Å². The Morgan fingerprint density at radius 2 is 1.65 bits per heavy atom. The first-order valence-electron chi connectivity index (χ1n) is 7.13. The van der Waals surface area contributed by atoms with Crippen molar-refractivity contribution in [2.75, 3.05) is 6.54 Å². The van der Waals surface area contributed by atoms with E-state index in [0.29, 0.717) is 0 Å². The van der Waals surface area contributed by atoms with Crippen molar-refractivity contribution in [1.29, 1.82) is 0 Å². The standard InChI is InChI=1S/C15H22F3NO3S/c1-14(2,3)13(20)8-9-19-23(21,22)10-11-4-6-12(7-5-11)15(16,17)18/h4-7,13,19-20H,8-10H2,1-3H3. The van der Waals surface area contributed by atoms with Gasteiger partial charge < -0.3 is 5.11 Å². The molecule has 132 valence electrons. The molecule has 0 saturated carbocycles. The van der Waals surface area contributed by atoms with Crippen LogP contribution in [0.5, 0.6) is 0 Å². The van der Waals surface area contributed by atoms with Crippen LogP contribution in [-0.4, -0.2) is 26.2 Å². The van der Waals surface area contributed by atoms with Crippen LogP contribution in [0.2, 0.25) is 0 Å². The first-order valence-corrected chi connectivity index (χ1v) is 8.78. The highest BCUT2D eigenvalue weighted by molar-refractivity contribution is 7.88. The van der Waals surface area contributed by atoms with Gasteiger partial charge in [-0.3, -0.25) is 0 Å². The molecule has 0 bridgehead atoms. The summed E-state index contributed by atoms with van der Waals surface area (Å²) in [6.45, 7) is 5.60. The highest BCUT2D eigenvalue weighted by atomic mass is 32.2. The molecule has 0 aliphatic heterocycles. The van der Waals surface area contributed by atoms with Gasteiger partial charge in [0.25, 0.3) is 0 Å². The van der Waals surface area contributed by atoms with E-state index in [1.165, 1.54) is 0 Å². The van der Waals surface area contributed by atoms with Crippen LogP contribution in [0.15, 0.2) is 24.3 Å². The molecule has 1 aromatic carbocycles. The van der Waals surface area contributed by atoms with Gasteiger partial charge in [0.15, 0.2) is 0 Å². The molecule has 23 heavy (non-hydrogen) atoms. The van der Waals surface area contributed by atoms with E-state index < -0.39 is 33.6 Å². The van der Waals surface area contributed by atoms with Crippen LogP contribution in [0.3, 0.4) is 0 Å². The molecule has 8 heteroatoms. The molecule has 1 aromatic rings. The van der Waals surface area contributed by atoms with Crippen molar-refractivity contribution in [2.45, 2.75) is 45.2 Å². The van der Waals surface area contributed by atoms with E-state index in [9.17, 15) is 26.7 Å². The molecule has 0 heterocycles. The largest absolute Gasteiger partial charge is 0.416 e. The van der Waals surface area contributed by atoms with Gasteiger partial charge in [0.05, 0.1) is 17.4 Å². The zero-order valence-corrected chi connectivity index (χ0v) is 14.1. The summed E-state index contributed by atoms with van der Waals surface area (Å²) < 4.78 is 63.5. The number of nitrogens with one attached hydrogen (secondary N) is 1. The molecule has 0 saturated heterocycles.